The second kappa shape index (κ2) is 14.9. The SMILES string of the molecule is Cc1cc(C)nc(N(C)c2cccc(C(=O)NC(CC3CCCCC3)C(=O)NCCNc3ccc(OC(F)(F)F)cc3)c2)n1. The maximum atomic E-state index is 13.4. The summed E-state index contributed by atoms with van der Waals surface area (Å²) in [6.07, 6.45) is 1.23. The predicted molar refractivity (Wildman–Crippen MR) is 163 cm³/mol. The molecular weight excluding hydrogens is 573 g/mol. The zero-order valence-electron chi connectivity index (χ0n) is 25.2. The summed E-state index contributed by atoms with van der Waals surface area (Å²) in [5.41, 5.74) is 3.42. The number of alkyl halides is 3. The van der Waals surface area contributed by atoms with Crippen LogP contribution in [0.15, 0.2) is 54.6 Å². The number of halogens is 3. The average molecular weight is 613 g/mol. The van der Waals surface area contributed by atoms with E-state index in [1.807, 2.05) is 37.9 Å². The van der Waals surface area contributed by atoms with Crippen molar-refractivity contribution in [2.75, 3.05) is 30.4 Å². The second-order valence-corrected chi connectivity index (χ2v) is 11.1. The first kappa shape index (κ1) is 32.6. The van der Waals surface area contributed by atoms with Gasteiger partial charge in [0.25, 0.3) is 5.91 Å². The molecule has 1 aliphatic rings. The lowest BCUT2D eigenvalue weighted by molar-refractivity contribution is -0.274. The third kappa shape index (κ3) is 9.85. The van der Waals surface area contributed by atoms with E-state index in [9.17, 15) is 22.8 Å². The molecule has 2 aromatic carbocycles. The third-order valence-electron chi connectivity index (χ3n) is 7.52. The van der Waals surface area contributed by atoms with Crippen molar-refractivity contribution < 1.29 is 27.5 Å². The Bertz CT molecular complexity index is 1390. The molecule has 1 fully saturated rings. The highest BCUT2D eigenvalue weighted by Crippen LogP contribution is 2.28. The van der Waals surface area contributed by atoms with Crippen LogP contribution in [0.4, 0.5) is 30.5 Å². The first-order valence-corrected chi connectivity index (χ1v) is 14.8. The molecule has 1 aromatic heterocycles. The molecule has 1 atom stereocenters. The van der Waals surface area contributed by atoms with Gasteiger partial charge in [-0.1, -0.05) is 38.2 Å². The van der Waals surface area contributed by atoms with E-state index in [4.69, 9.17) is 0 Å². The van der Waals surface area contributed by atoms with Gasteiger partial charge in [0.15, 0.2) is 0 Å². The van der Waals surface area contributed by atoms with E-state index in [0.717, 1.165) is 42.8 Å². The molecule has 1 heterocycles. The van der Waals surface area contributed by atoms with Crippen molar-refractivity contribution in [3.8, 4) is 5.75 Å². The zero-order valence-corrected chi connectivity index (χ0v) is 25.2. The smallest absolute Gasteiger partial charge is 0.406 e. The first-order chi connectivity index (χ1) is 21.0. The summed E-state index contributed by atoms with van der Waals surface area (Å²) < 4.78 is 41.0. The monoisotopic (exact) mass is 612 g/mol. The number of nitrogens with one attached hydrogen (secondary N) is 3. The largest absolute Gasteiger partial charge is 0.573 e. The maximum Gasteiger partial charge on any atom is 0.573 e. The van der Waals surface area contributed by atoms with Gasteiger partial charge < -0.3 is 25.6 Å². The van der Waals surface area contributed by atoms with Crippen molar-refractivity contribution in [2.24, 2.45) is 5.92 Å². The molecule has 1 saturated carbocycles. The lowest BCUT2D eigenvalue weighted by Gasteiger charge is -2.27. The lowest BCUT2D eigenvalue weighted by Crippen LogP contribution is -2.48. The Balaban J connectivity index is 1.37. The molecule has 1 unspecified atom stereocenters. The number of anilines is 3. The molecule has 1 aliphatic carbocycles. The Kier molecular flexibility index (Phi) is 11.0. The van der Waals surface area contributed by atoms with E-state index in [0.29, 0.717) is 36.1 Å². The maximum absolute atomic E-state index is 13.4. The molecule has 0 radical (unpaired) electrons. The van der Waals surface area contributed by atoms with Crippen LogP contribution in [0.3, 0.4) is 0 Å². The van der Waals surface area contributed by atoms with Crippen LogP contribution < -0.4 is 25.6 Å². The average Bonchev–Trinajstić information content (AvgIpc) is 2.98. The number of aryl methyl sites for hydroxylation is 2. The molecule has 236 valence electrons. The number of ether oxygens (including phenoxy) is 1. The van der Waals surface area contributed by atoms with Crippen molar-refractivity contribution in [2.45, 2.75) is 64.8 Å². The molecule has 0 saturated heterocycles. The fourth-order valence-corrected chi connectivity index (χ4v) is 5.35. The number of hydrogen-bond acceptors (Lipinski definition) is 7. The quantitative estimate of drug-likeness (QED) is 0.214. The second-order valence-electron chi connectivity index (χ2n) is 11.1. The van der Waals surface area contributed by atoms with Gasteiger partial charge in [-0.25, -0.2) is 9.97 Å². The summed E-state index contributed by atoms with van der Waals surface area (Å²) in [7, 11) is 1.84. The number of benzene rings is 2. The fraction of sp³-hybridized carbons (Fsp3) is 0.438. The summed E-state index contributed by atoms with van der Waals surface area (Å²) in [6.45, 7) is 4.40. The Morgan fingerprint density at radius 2 is 1.66 bits per heavy atom. The first-order valence-electron chi connectivity index (χ1n) is 14.8. The van der Waals surface area contributed by atoms with Gasteiger partial charge >= 0.3 is 6.36 Å². The van der Waals surface area contributed by atoms with E-state index in [1.54, 1.807) is 18.2 Å². The lowest BCUT2D eigenvalue weighted by atomic mass is 9.84. The highest BCUT2D eigenvalue weighted by atomic mass is 19.4. The zero-order chi connectivity index (χ0) is 31.7. The third-order valence-corrected chi connectivity index (χ3v) is 7.52. The van der Waals surface area contributed by atoms with Crippen molar-refractivity contribution in [3.05, 3.63) is 71.5 Å². The van der Waals surface area contributed by atoms with E-state index in [-0.39, 0.29) is 24.1 Å². The molecule has 0 bridgehead atoms. The van der Waals surface area contributed by atoms with Gasteiger partial charge in [-0.2, -0.15) is 0 Å². The number of hydrogen-bond donors (Lipinski definition) is 3. The van der Waals surface area contributed by atoms with Crippen molar-refractivity contribution in [3.63, 3.8) is 0 Å². The number of carbonyl (C=O) groups is 2. The fourth-order valence-electron chi connectivity index (χ4n) is 5.35. The van der Waals surface area contributed by atoms with Crippen LogP contribution in [0.5, 0.6) is 5.75 Å². The number of carbonyl (C=O) groups excluding carboxylic acids is 2. The minimum atomic E-state index is -4.75. The molecule has 44 heavy (non-hydrogen) atoms. The Morgan fingerprint density at radius 1 is 0.977 bits per heavy atom. The highest BCUT2D eigenvalue weighted by molar-refractivity contribution is 5.98. The predicted octanol–water partition coefficient (Wildman–Crippen LogP) is 6.06. The van der Waals surface area contributed by atoms with E-state index >= 15 is 0 Å². The van der Waals surface area contributed by atoms with Crippen molar-refractivity contribution >= 4 is 29.1 Å². The highest BCUT2D eigenvalue weighted by Gasteiger charge is 2.31. The Labute approximate surface area is 255 Å². The number of amides is 2. The molecule has 12 heteroatoms. The van der Waals surface area contributed by atoms with E-state index < -0.39 is 12.4 Å². The van der Waals surface area contributed by atoms with Crippen LogP contribution in [-0.2, 0) is 4.79 Å². The van der Waals surface area contributed by atoms with Crippen LogP contribution in [0.25, 0.3) is 0 Å². The minimum Gasteiger partial charge on any atom is -0.406 e. The summed E-state index contributed by atoms with van der Waals surface area (Å²) in [5, 5.41) is 8.91. The summed E-state index contributed by atoms with van der Waals surface area (Å²) in [6, 6.07) is 13.6. The molecule has 0 spiro atoms. The van der Waals surface area contributed by atoms with Gasteiger partial charge in [0, 0.05) is 48.5 Å². The normalized spacial score (nSPS) is 14.4. The van der Waals surface area contributed by atoms with Crippen LogP contribution in [0.2, 0.25) is 0 Å². The van der Waals surface area contributed by atoms with Gasteiger partial charge in [-0.15, -0.1) is 13.2 Å². The number of aromatic nitrogens is 2. The Hall–Kier alpha value is -4.35. The molecule has 3 N–H and O–H groups in total. The molecular formula is C32H39F3N6O3. The van der Waals surface area contributed by atoms with Gasteiger partial charge in [-0.05, 0) is 74.7 Å². The number of rotatable bonds is 12. The topological polar surface area (TPSA) is 108 Å². The minimum absolute atomic E-state index is 0.257. The summed E-state index contributed by atoms with van der Waals surface area (Å²) in [5.74, 6) is -0.0786. The van der Waals surface area contributed by atoms with Crippen LogP contribution in [0, 0.1) is 19.8 Å². The van der Waals surface area contributed by atoms with E-state index in [1.165, 1.54) is 30.7 Å². The van der Waals surface area contributed by atoms with Crippen molar-refractivity contribution in [1.82, 2.24) is 20.6 Å². The van der Waals surface area contributed by atoms with Crippen LogP contribution in [0.1, 0.15) is 60.3 Å². The van der Waals surface area contributed by atoms with Gasteiger partial charge in [0.05, 0.1) is 0 Å². The van der Waals surface area contributed by atoms with Crippen LogP contribution in [-0.4, -0.2) is 54.3 Å². The molecule has 9 nitrogen and oxygen atoms in total. The summed E-state index contributed by atoms with van der Waals surface area (Å²) >= 11 is 0. The summed E-state index contributed by atoms with van der Waals surface area (Å²) in [4.78, 5) is 37.5. The van der Waals surface area contributed by atoms with Gasteiger partial charge in [0.1, 0.15) is 11.8 Å². The van der Waals surface area contributed by atoms with E-state index in [2.05, 4.69) is 30.7 Å². The Morgan fingerprint density at radius 3 is 2.32 bits per heavy atom. The van der Waals surface area contributed by atoms with Crippen molar-refractivity contribution in [1.29, 1.82) is 0 Å². The van der Waals surface area contributed by atoms with Gasteiger partial charge in [0.2, 0.25) is 11.9 Å². The van der Waals surface area contributed by atoms with Gasteiger partial charge in [-0.3, -0.25) is 9.59 Å². The van der Waals surface area contributed by atoms with Crippen LogP contribution >= 0.6 is 0 Å². The standard InChI is InChI=1S/C32H39F3N6O3/c1-21-18-22(2)39-31(38-21)41(3)26-11-7-10-24(20-26)29(42)40-28(19-23-8-5-4-6-9-23)30(43)37-17-16-36-25-12-14-27(15-13-25)44-32(33,34)35/h7,10-15,18,20,23,28,36H,4-6,8-9,16-17,19H2,1-3H3,(H,37,43)(H,40,42). The molecule has 4 rings (SSSR count). The molecule has 0 aliphatic heterocycles. The molecule has 2 amide bonds. The number of nitrogens with zero attached hydrogens (tertiary/aromatic N) is 3. The molecule has 3 aromatic rings.